The second-order valence-electron chi connectivity index (χ2n) is 6.89. The lowest BCUT2D eigenvalue weighted by molar-refractivity contribution is 0.457. The van der Waals surface area contributed by atoms with Crippen LogP contribution < -0.4 is 5.32 Å². The number of hydrogen-bond acceptors (Lipinski definition) is 2. The summed E-state index contributed by atoms with van der Waals surface area (Å²) >= 11 is 0. The molecule has 0 atom stereocenters. The zero-order chi connectivity index (χ0) is 14.4. The molecule has 1 aromatic heterocycles. The zero-order valence-corrected chi connectivity index (χ0v) is 12.7. The molecule has 0 bridgehead atoms. The summed E-state index contributed by atoms with van der Waals surface area (Å²) in [5.74, 6) is 1.62. The van der Waals surface area contributed by atoms with Crippen LogP contribution in [0.2, 0.25) is 0 Å². The first-order chi connectivity index (χ1) is 9.43. The van der Waals surface area contributed by atoms with E-state index in [1.54, 1.807) is 0 Å². The van der Waals surface area contributed by atoms with Crippen molar-refractivity contribution in [1.82, 2.24) is 9.55 Å². The fourth-order valence-corrected chi connectivity index (χ4v) is 3.22. The highest BCUT2D eigenvalue weighted by molar-refractivity contribution is 5.53. The van der Waals surface area contributed by atoms with Crippen molar-refractivity contribution in [3.05, 3.63) is 42.7 Å². The van der Waals surface area contributed by atoms with Gasteiger partial charge in [-0.2, -0.15) is 0 Å². The predicted molar refractivity (Wildman–Crippen MR) is 83.0 cm³/mol. The normalized spacial score (nSPS) is 19.8. The summed E-state index contributed by atoms with van der Waals surface area (Å²) in [6.07, 6.45) is 3.93. The van der Waals surface area contributed by atoms with Crippen LogP contribution in [0.15, 0.2) is 42.7 Å². The number of aromatic nitrogens is 2. The van der Waals surface area contributed by atoms with E-state index in [2.05, 4.69) is 60.9 Å². The molecule has 1 N–H and O–H groups in total. The van der Waals surface area contributed by atoms with Gasteiger partial charge in [-0.15, -0.1) is 0 Å². The minimum absolute atomic E-state index is 0.404. The van der Waals surface area contributed by atoms with Crippen molar-refractivity contribution >= 4 is 11.6 Å². The molecule has 1 fully saturated rings. The quantitative estimate of drug-likeness (QED) is 0.896. The molecule has 0 spiro atoms. The van der Waals surface area contributed by atoms with Crippen LogP contribution in [0.5, 0.6) is 0 Å². The summed E-state index contributed by atoms with van der Waals surface area (Å²) in [7, 11) is 0. The van der Waals surface area contributed by atoms with Crippen LogP contribution in [0, 0.1) is 16.7 Å². The highest BCUT2D eigenvalue weighted by Crippen LogP contribution is 2.68. The van der Waals surface area contributed by atoms with E-state index in [0.29, 0.717) is 16.7 Å². The predicted octanol–water partition coefficient (Wildman–Crippen LogP) is 4.31. The lowest BCUT2D eigenvalue weighted by atomic mass is 10.0. The zero-order valence-electron chi connectivity index (χ0n) is 12.7. The summed E-state index contributed by atoms with van der Waals surface area (Å²) < 4.78 is 2.23. The van der Waals surface area contributed by atoms with Gasteiger partial charge in [-0.05, 0) is 28.9 Å². The van der Waals surface area contributed by atoms with Gasteiger partial charge in [-0.1, -0.05) is 45.9 Å². The molecule has 1 heterocycles. The van der Waals surface area contributed by atoms with E-state index in [-0.39, 0.29) is 0 Å². The maximum atomic E-state index is 4.44. The first-order valence-electron chi connectivity index (χ1n) is 7.26. The molecule has 1 aromatic carbocycles. The monoisotopic (exact) mass is 269 g/mol. The van der Waals surface area contributed by atoms with Crippen LogP contribution in [0.1, 0.15) is 27.7 Å². The maximum Gasteiger partial charge on any atom is 0.207 e. The van der Waals surface area contributed by atoms with E-state index in [1.165, 1.54) is 0 Å². The van der Waals surface area contributed by atoms with Gasteiger partial charge >= 0.3 is 0 Å². The Morgan fingerprint density at radius 3 is 2.35 bits per heavy atom. The molecular weight excluding hydrogens is 246 g/mol. The van der Waals surface area contributed by atoms with Gasteiger partial charge < -0.3 is 9.88 Å². The molecular formula is C17H23N3. The smallest absolute Gasteiger partial charge is 0.207 e. The topological polar surface area (TPSA) is 29.9 Å². The number of benzene rings is 1. The van der Waals surface area contributed by atoms with Crippen molar-refractivity contribution in [2.75, 3.05) is 5.32 Å². The summed E-state index contributed by atoms with van der Waals surface area (Å²) in [6.45, 7) is 10.5. The number of imidazole rings is 1. The Morgan fingerprint density at radius 2 is 1.75 bits per heavy atom. The first-order valence-corrected chi connectivity index (χ1v) is 7.26. The largest absolute Gasteiger partial charge is 0.326 e. The minimum atomic E-state index is 0.404. The Morgan fingerprint density at radius 1 is 1.10 bits per heavy atom. The van der Waals surface area contributed by atoms with E-state index in [9.17, 15) is 0 Å². The molecule has 2 aromatic rings. The Bertz CT molecular complexity index is 582. The molecule has 3 rings (SSSR count). The average Bonchev–Trinajstić information content (AvgIpc) is 2.73. The Labute approximate surface area is 121 Å². The van der Waals surface area contributed by atoms with Crippen LogP contribution >= 0.6 is 0 Å². The molecule has 3 nitrogen and oxygen atoms in total. The van der Waals surface area contributed by atoms with Crippen molar-refractivity contribution < 1.29 is 0 Å². The van der Waals surface area contributed by atoms with E-state index < -0.39 is 0 Å². The number of nitrogens with zero attached hydrogens (tertiary/aromatic N) is 2. The summed E-state index contributed by atoms with van der Waals surface area (Å²) in [5, 5.41) is 3.39. The molecule has 0 aliphatic heterocycles. The average molecular weight is 269 g/mol. The highest BCUT2D eigenvalue weighted by atomic mass is 15.2. The van der Waals surface area contributed by atoms with Gasteiger partial charge in [0.05, 0.1) is 0 Å². The van der Waals surface area contributed by atoms with Gasteiger partial charge in [-0.3, -0.25) is 0 Å². The molecule has 1 saturated carbocycles. The fraction of sp³-hybridized carbons (Fsp3) is 0.471. The van der Waals surface area contributed by atoms with Gasteiger partial charge in [0.2, 0.25) is 5.95 Å². The number of anilines is 2. The van der Waals surface area contributed by atoms with Gasteiger partial charge in [0.15, 0.2) is 0 Å². The molecule has 1 aliphatic carbocycles. The minimum Gasteiger partial charge on any atom is -0.326 e. The maximum absolute atomic E-state index is 4.44. The second-order valence-corrected chi connectivity index (χ2v) is 6.89. The van der Waals surface area contributed by atoms with E-state index in [0.717, 1.165) is 18.2 Å². The van der Waals surface area contributed by atoms with Crippen molar-refractivity contribution in [3.8, 4) is 0 Å². The van der Waals surface area contributed by atoms with Crippen LogP contribution in [0.25, 0.3) is 0 Å². The summed E-state index contributed by atoms with van der Waals surface area (Å²) in [5.41, 5.74) is 1.89. The molecule has 3 heteroatoms. The molecule has 20 heavy (non-hydrogen) atoms. The fourth-order valence-electron chi connectivity index (χ4n) is 3.22. The standard InChI is InChI=1S/C17H23N3/c1-16(2)14(17(16,3)4)12-20-11-10-18-15(20)19-13-8-6-5-7-9-13/h5-11,14H,12H2,1-4H3,(H,18,19). The van der Waals surface area contributed by atoms with Crippen LogP contribution in [-0.2, 0) is 6.54 Å². The van der Waals surface area contributed by atoms with Gasteiger partial charge in [-0.25, -0.2) is 4.98 Å². The molecule has 0 amide bonds. The third-order valence-electron chi connectivity index (χ3n) is 5.44. The number of hydrogen-bond donors (Lipinski definition) is 1. The summed E-state index contributed by atoms with van der Waals surface area (Å²) in [4.78, 5) is 4.44. The van der Waals surface area contributed by atoms with E-state index in [4.69, 9.17) is 0 Å². The third kappa shape index (κ3) is 2.01. The van der Waals surface area contributed by atoms with Crippen molar-refractivity contribution in [3.63, 3.8) is 0 Å². The molecule has 106 valence electrons. The van der Waals surface area contributed by atoms with Gasteiger partial charge in [0.1, 0.15) is 0 Å². The number of rotatable bonds is 4. The van der Waals surface area contributed by atoms with E-state index in [1.807, 2.05) is 24.4 Å². The van der Waals surface area contributed by atoms with Crippen molar-refractivity contribution in [2.45, 2.75) is 34.2 Å². The third-order valence-corrected chi connectivity index (χ3v) is 5.44. The Hall–Kier alpha value is -1.77. The first kappa shape index (κ1) is 13.2. The van der Waals surface area contributed by atoms with Gasteiger partial charge in [0, 0.05) is 24.6 Å². The number of nitrogens with one attached hydrogen (secondary N) is 1. The highest BCUT2D eigenvalue weighted by Gasteiger charge is 2.64. The molecule has 0 unspecified atom stereocenters. The van der Waals surface area contributed by atoms with Crippen molar-refractivity contribution in [2.24, 2.45) is 16.7 Å². The SMILES string of the molecule is CC1(C)C(Cn2ccnc2Nc2ccccc2)C1(C)C. The van der Waals surface area contributed by atoms with Gasteiger partial charge in [0.25, 0.3) is 0 Å². The lowest BCUT2D eigenvalue weighted by Gasteiger charge is -2.10. The molecule has 0 radical (unpaired) electrons. The van der Waals surface area contributed by atoms with Crippen LogP contribution in [0.3, 0.4) is 0 Å². The lowest BCUT2D eigenvalue weighted by Crippen LogP contribution is -2.07. The second kappa shape index (κ2) is 4.37. The molecule has 1 aliphatic rings. The Balaban J connectivity index is 1.75. The summed E-state index contributed by atoms with van der Waals surface area (Å²) in [6, 6.07) is 10.2. The van der Waals surface area contributed by atoms with Crippen LogP contribution in [-0.4, -0.2) is 9.55 Å². The number of para-hydroxylation sites is 1. The molecule has 0 saturated heterocycles. The van der Waals surface area contributed by atoms with E-state index >= 15 is 0 Å². The van der Waals surface area contributed by atoms with Crippen molar-refractivity contribution in [1.29, 1.82) is 0 Å². The Kier molecular flexibility index (Phi) is 2.89. The van der Waals surface area contributed by atoms with Crippen LogP contribution in [0.4, 0.5) is 11.6 Å².